The molecule has 1 aromatic carbocycles. The number of carbonyl (C=O) groups is 1. The van der Waals surface area contributed by atoms with E-state index in [4.69, 9.17) is 0 Å². The van der Waals surface area contributed by atoms with Crippen LogP contribution < -0.4 is 5.32 Å². The lowest BCUT2D eigenvalue weighted by atomic mass is 10.0. The first-order chi connectivity index (χ1) is 11.5. The first-order valence-electron chi connectivity index (χ1n) is 7.77. The molecule has 0 fully saturated rings. The summed E-state index contributed by atoms with van der Waals surface area (Å²) in [4.78, 5) is 14.2. The molecule has 0 radical (unpaired) electrons. The summed E-state index contributed by atoms with van der Waals surface area (Å²) in [5.74, 6) is 0.000411. The summed E-state index contributed by atoms with van der Waals surface area (Å²) < 4.78 is 27.2. The van der Waals surface area contributed by atoms with E-state index in [0.29, 0.717) is 13.1 Å². The number of nitrogens with one attached hydrogen (secondary N) is 1. The summed E-state index contributed by atoms with van der Waals surface area (Å²) in [5, 5.41) is 2.87. The Kier molecular flexibility index (Phi) is 4.53. The Hall–Kier alpha value is -2.41. The smallest absolute Gasteiger partial charge is 0.256 e. The van der Waals surface area contributed by atoms with Crippen LogP contribution in [0.3, 0.4) is 0 Å². The highest BCUT2D eigenvalue weighted by atomic mass is 32.2. The lowest BCUT2D eigenvalue weighted by Crippen LogP contribution is -2.42. The first-order valence-corrected chi connectivity index (χ1v) is 9.38. The molecular formula is C17H19N3O3S. The molecule has 0 spiro atoms. The highest BCUT2D eigenvalue weighted by Gasteiger charge is 2.29. The Morgan fingerprint density at radius 1 is 1.33 bits per heavy atom. The van der Waals surface area contributed by atoms with Crippen LogP contribution in [-0.2, 0) is 14.8 Å². The van der Waals surface area contributed by atoms with Crippen molar-refractivity contribution in [2.24, 2.45) is 4.40 Å². The number of hydrogen-bond donors (Lipinski definition) is 1. The van der Waals surface area contributed by atoms with Gasteiger partial charge in [-0.05, 0) is 23.6 Å². The summed E-state index contributed by atoms with van der Waals surface area (Å²) in [7, 11) is -3.50. The molecule has 0 unspecified atom stereocenters. The highest BCUT2D eigenvalue weighted by Crippen LogP contribution is 2.18. The van der Waals surface area contributed by atoms with Crippen molar-refractivity contribution in [3.8, 4) is 0 Å². The molecule has 0 aliphatic carbocycles. The van der Waals surface area contributed by atoms with Crippen molar-refractivity contribution in [1.29, 1.82) is 0 Å². The van der Waals surface area contributed by atoms with E-state index in [1.807, 2.05) is 37.3 Å². The SMILES string of the molecule is C[C@@H](CNC(=O)C1=CC=CN2CCS(=O)(=O)N=C12)c1ccccc1. The molecule has 24 heavy (non-hydrogen) atoms. The highest BCUT2D eigenvalue weighted by molar-refractivity contribution is 7.90. The molecule has 2 aliphatic heterocycles. The molecule has 2 heterocycles. The van der Waals surface area contributed by atoms with E-state index in [9.17, 15) is 13.2 Å². The summed E-state index contributed by atoms with van der Waals surface area (Å²) in [6.45, 7) is 2.80. The fraction of sp³-hybridized carbons (Fsp3) is 0.294. The Balaban J connectivity index is 1.72. The zero-order chi connectivity index (χ0) is 17.2. The zero-order valence-electron chi connectivity index (χ0n) is 13.3. The molecule has 0 saturated heterocycles. The van der Waals surface area contributed by atoms with Gasteiger partial charge in [0, 0.05) is 19.3 Å². The summed E-state index contributed by atoms with van der Waals surface area (Å²) in [6.07, 6.45) is 5.06. The molecule has 2 aliphatic rings. The lowest BCUT2D eigenvalue weighted by molar-refractivity contribution is -0.117. The van der Waals surface area contributed by atoms with Crippen LogP contribution in [0.5, 0.6) is 0 Å². The second-order valence-corrected chi connectivity index (χ2v) is 7.59. The summed E-state index contributed by atoms with van der Waals surface area (Å²) in [5.41, 5.74) is 1.41. The van der Waals surface area contributed by atoms with Gasteiger partial charge in [0.2, 0.25) is 0 Å². The number of carbonyl (C=O) groups excluding carboxylic acids is 1. The van der Waals surface area contributed by atoms with E-state index in [1.165, 1.54) is 0 Å². The van der Waals surface area contributed by atoms with Crippen LogP contribution in [0.25, 0.3) is 0 Å². The third-order valence-corrected chi connectivity index (χ3v) is 5.19. The predicted octanol–water partition coefficient (Wildman–Crippen LogP) is 1.40. The van der Waals surface area contributed by atoms with Gasteiger partial charge in [-0.3, -0.25) is 4.79 Å². The minimum Gasteiger partial charge on any atom is -0.351 e. The van der Waals surface area contributed by atoms with E-state index in [-0.39, 0.29) is 29.0 Å². The van der Waals surface area contributed by atoms with Gasteiger partial charge in [-0.25, -0.2) is 8.42 Å². The molecule has 0 saturated carbocycles. The maximum absolute atomic E-state index is 12.5. The standard InChI is InChI=1S/C17H19N3O3S/c1-13(14-6-3-2-4-7-14)12-18-17(21)15-8-5-9-20-10-11-24(22,23)19-16(15)20/h2-9,13H,10-12H2,1H3,(H,18,21)/t13-/m0/s1. The first kappa shape index (κ1) is 16.4. The fourth-order valence-electron chi connectivity index (χ4n) is 2.63. The van der Waals surface area contributed by atoms with Crippen LogP contribution in [0.4, 0.5) is 0 Å². The van der Waals surface area contributed by atoms with Crippen molar-refractivity contribution in [3.63, 3.8) is 0 Å². The van der Waals surface area contributed by atoms with E-state index < -0.39 is 10.0 Å². The topological polar surface area (TPSA) is 78.8 Å². The van der Waals surface area contributed by atoms with Crippen molar-refractivity contribution < 1.29 is 13.2 Å². The van der Waals surface area contributed by atoms with Crippen LogP contribution in [0.1, 0.15) is 18.4 Å². The Bertz CT molecular complexity index is 826. The molecule has 0 aromatic heterocycles. The van der Waals surface area contributed by atoms with Crippen molar-refractivity contribution >= 4 is 21.8 Å². The second-order valence-electron chi connectivity index (χ2n) is 5.84. The monoisotopic (exact) mass is 345 g/mol. The van der Waals surface area contributed by atoms with E-state index in [2.05, 4.69) is 9.71 Å². The zero-order valence-corrected chi connectivity index (χ0v) is 14.2. The molecule has 3 rings (SSSR count). The normalized spacial score (nSPS) is 19.8. The molecule has 6 nitrogen and oxygen atoms in total. The molecule has 0 bridgehead atoms. The van der Waals surface area contributed by atoms with Crippen LogP contribution in [0, 0.1) is 0 Å². The number of sulfonamides is 1. The second kappa shape index (κ2) is 6.60. The fourth-order valence-corrected chi connectivity index (χ4v) is 3.62. The van der Waals surface area contributed by atoms with Crippen molar-refractivity contribution in [2.75, 3.05) is 18.8 Å². The molecule has 7 heteroatoms. The average molecular weight is 345 g/mol. The Morgan fingerprint density at radius 3 is 2.83 bits per heavy atom. The van der Waals surface area contributed by atoms with Crippen LogP contribution in [-0.4, -0.2) is 43.9 Å². The third-order valence-electron chi connectivity index (χ3n) is 4.04. The van der Waals surface area contributed by atoms with E-state index in [0.717, 1.165) is 5.56 Å². The molecule has 126 valence electrons. The van der Waals surface area contributed by atoms with Gasteiger partial charge in [0.1, 0.15) is 0 Å². The summed E-state index contributed by atoms with van der Waals surface area (Å²) >= 11 is 0. The predicted molar refractivity (Wildman–Crippen MR) is 93.0 cm³/mol. The van der Waals surface area contributed by atoms with Crippen molar-refractivity contribution in [2.45, 2.75) is 12.8 Å². The lowest BCUT2D eigenvalue weighted by Gasteiger charge is -2.28. The number of rotatable bonds is 4. The van der Waals surface area contributed by atoms with Crippen molar-refractivity contribution in [1.82, 2.24) is 10.2 Å². The number of fused-ring (bicyclic) bond motifs is 1. The quantitative estimate of drug-likeness (QED) is 0.895. The number of amidine groups is 1. The van der Waals surface area contributed by atoms with Gasteiger partial charge >= 0.3 is 0 Å². The molecule has 1 N–H and O–H groups in total. The number of allylic oxidation sites excluding steroid dienone is 2. The number of nitrogens with zero attached hydrogens (tertiary/aromatic N) is 2. The van der Waals surface area contributed by atoms with Gasteiger partial charge in [-0.2, -0.15) is 0 Å². The number of benzene rings is 1. The maximum Gasteiger partial charge on any atom is 0.256 e. The molecule has 1 amide bonds. The minimum absolute atomic E-state index is 0.0409. The van der Waals surface area contributed by atoms with Gasteiger partial charge in [0.15, 0.2) is 5.84 Å². The Morgan fingerprint density at radius 2 is 2.08 bits per heavy atom. The molecule has 1 atom stereocenters. The number of amides is 1. The Labute approximate surface area is 141 Å². The van der Waals surface area contributed by atoms with Crippen LogP contribution >= 0.6 is 0 Å². The largest absolute Gasteiger partial charge is 0.351 e. The van der Waals surface area contributed by atoms with Crippen LogP contribution in [0.2, 0.25) is 0 Å². The van der Waals surface area contributed by atoms with Gasteiger partial charge in [0.25, 0.3) is 15.9 Å². The molecular weight excluding hydrogens is 326 g/mol. The van der Waals surface area contributed by atoms with Crippen LogP contribution in [0.15, 0.2) is 58.7 Å². The van der Waals surface area contributed by atoms with Gasteiger partial charge in [-0.1, -0.05) is 37.3 Å². The maximum atomic E-state index is 12.5. The summed E-state index contributed by atoms with van der Waals surface area (Å²) in [6, 6.07) is 9.89. The average Bonchev–Trinajstić information content (AvgIpc) is 2.59. The van der Waals surface area contributed by atoms with Gasteiger partial charge in [-0.15, -0.1) is 4.40 Å². The van der Waals surface area contributed by atoms with E-state index >= 15 is 0 Å². The van der Waals surface area contributed by atoms with E-state index in [1.54, 1.807) is 23.3 Å². The minimum atomic E-state index is -3.50. The van der Waals surface area contributed by atoms with Gasteiger partial charge < -0.3 is 10.2 Å². The van der Waals surface area contributed by atoms with Gasteiger partial charge in [0.05, 0.1) is 11.3 Å². The molecule has 1 aromatic rings. The van der Waals surface area contributed by atoms with Crippen molar-refractivity contribution in [3.05, 3.63) is 59.8 Å². The number of hydrogen-bond acceptors (Lipinski definition) is 4. The third kappa shape index (κ3) is 3.56.